The van der Waals surface area contributed by atoms with Gasteiger partial charge in [0.25, 0.3) is 11.6 Å². The van der Waals surface area contributed by atoms with E-state index in [-0.39, 0.29) is 34.6 Å². The third kappa shape index (κ3) is 4.23. The number of benzene rings is 2. The van der Waals surface area contributed by atoms with Crippen molar-refractivity contribution < 1.29 is 23.4 Å². The van der Waals surface area contributed by atoms with Crippen LogP contribution in [-0.4, -0.2) is 46.1 Å². The fraction of sp³-hybridized carbons (Fsp3) is 0.286. The number of ether oxygens (including phenoxy) is 1. The van der Waals surface area contributed by atoms with E-state index in [0.29, 0.717) is 31.0 Å². The Morgan fingerprint density at radius 3 is 2.90 bits per heavy atom. The van der Waals surface area contributed by atoms with Crippen molar-refractivity contribution in [3.63, 3.8) is 0 Å². The Labute approximate surface area is 176 Å². The number of aromatic nitrogens is 2. The van der Waals surface area contributed by atoms with Crippen molar-refractivity contribution in [1.82, 2.24) is 15.0 Å². The second-order valence-electron chi connectivity index (χ2n) is 7.20. The molecule has 10 heteroatoms. The fourth-order valence-electron chi connectivity index (χ4n) is 3.66. The summed E-state index contributed by atoms with van der Waals surface area (Å²) in [6.07, 6.45) is 1.44. The molecule has 1 aliphatic rings. The zero-order chi connectivity index (χ0) is 22.0. The molecule has 1 saturated heterocycles. The van der Waals surface area contributed by atoms with Crippen LogP contribution in [0.3, 0.4) is 0 Å². The number of piperidine rings is 1. The highest BCUT2D eigenvalue weighted by molar-refractivity contribution is 5.97. The normalized spacial score (nSPS) is 16.2. The molecule has 0 N–H and O–H groups in total. The minimum absolute atomic E-state index is 0.128. The topological polar surface area (TPSA) is 112 Å². The third-order valence-electron chi connectivity index (χ3n) is 5.21. The molecular weight excluding hydrogens is 407 g/mol. The van der Waals surface area contributed by atoms with Crippen molar-refractivity contribution in [3.8, 4) is 17.1 Å². The average molecular weight is 426 g/mol. The maximum absolute atomic E-state index is 13.5. The molecule has 1 atom stereocenters. The summed E-state index contributed by atoms with van der Waals surface area (Å²) < 4.78 is 24.1. The van der Waals surface area contributed by atoms with Crippen LogP contribution in [0.5, 0.6) is 5.75 Å². The van der Waals surface area contributed by atoms with Crippen LogP contribution in [0.15, 0.2) is 47.0 Å². The van der Waals surface area contributed by atoms with E-state index in [1.165, 1.54) is 37.4 Å². The highest BCUT2D eigenvalue weighted by Gasteiger charge is 2.31. The molecule has 2 heterocycles. The highest BCUT2D eigenvalue weighted by Crippen LogP contribution is 2.31. The summed E-state index contributed by atoms with van der Waals surface area (Å²) >= 11 is 0. The van der Waals surface area contributed by atoms with Gasteiger partial charge >= 0.3 is 0 Å². The highest BCUT2D eigenvalue weighted by atomic mass is 19.1. The third-order valence-corrected chi connectivity index (χ3v) is 5.21. The van der Waals surface area contributed by atoms with E-state index in [9.17, 15) is 19.3 Å². The SMILES string of the molecule is COc1ccc([N+](=O)[O-])cc1C(=O)N1CCCC(c2nc(-c3cccc(F)c3)no2)C1. The largest absolute Gasteiger partial charge is 0.496 e. The van der Waals surface area contributed by atoms with Gasteiger partial charge in [0, 0.05) is 30.8 Å². The number of hydrogen-bond acceptors (Lipinski definition) is 7. The smallest absolute Gasteiger partial charge is 0.270 e. The molecule has 1 aromatic heterocycles. The number of amides is 1. The van der Waals surface area contributed by atoms with Gasteiger partial charge in [0.1, 0.15) is 11.6 Å². The lowest BCUT2D eigenvalue weighted by molar-refractivity contribution is -0.384. The van der Waals surface area contributed by atoms with Gasteiger partial charge in [0.15, 0.2) is 0 Å². The predicted molar refractivity (Wildman–Crippen MR) is 107 cm³/mol. The van der Waals surface area contributed by atoms with Gasteiger partial charge in [-0.15, -0.1) is 0 Å². The van der Waals surface area contributed by atoms with Crippen LogP contribution in [0.25, 0.3) is 11.4 Å². The molecule has 4 rings (SSSR count). The summed E-state index contributed by atoms with van der Waals surface area (Å²) in [5.41, 5.74) is 0.442. The van der Waals surface area contributed by atoms with Gasteiger partial charge in [-0.3, -0.25) is 14.9 Å². The number of carbonyl (C=O) groups excluding carboxylic acids is 1. The number of halogens is 1. The average Bonchev–Trinajstić information content (AvgIpc) is 3.28. The Hall–Kier alpha value is -3.82. The molecule has 1 amide bonds. The van der Waals surface area contributed by atoms with Crippen molar-refractivity contribution in [3.05, 3.63) is 69.9 Å². The first-order valence-electron chi connectivity index (χ1n) is 9.67. The maximum Gasteiger partial charge on any atom is 0.270 e. The van der Waals surface area contributed by atoms with E-state index in [4.69, 9.17) is 9.26 Å². The second kappa shape index (κ2) is 8.50. The number of methoxy groups -OCH3 is 1. The number of hydrogen-bond donors (Lipinski definition) is 0. The summed E-state index contributed by atoms with van der Waals surface area (Å²) in [7, 11) is 1.41. The van der Waals surface area contributed by atoms with Gasteiger partial charge in [-0.05, 0) is 31.0 Å². The predicted octanol–water partition coefficient (Wildman–Crippen LogP) is 3.81. The number of non-ortho nitro benzene ring substituents is 1. The molecule has 0 aliphatic carbocycles. The summed E-state index contributed by atoms with van der Waals surface area (Å²) in [5.74, 6) is -0.0542. The molecule has 0 radical (unpaired) electrons. The van der Waals surface area contributed by atoms with Crippen LogP contribution in [-0.2, 0) is 0 Å². The van der Waals surface area contributed by atoms with Gasteiger partial charge in [-0.1, -0.05) is 17.3 Å². The Morgan fingerprint density at radius 1 is 1.32 bits per heavy atom. The van der Waals surface area contributed by atoms with Gasteiger partial charge in [-0.2, -0.15) is 4.98 Å². The van der Waals surface area contributed by atoms with E-state index in [0.717, 1.165) is 6.42 Å². The van der Waals surface area contributed by atoms with Crippen molar-refractivity contribution >= 4 is 11.6 Å². The minimum atomic E-state index is -0.554. The van der Waals surface area contributed by atoms with Crippen LogP contribution in [0, 0.1) is 15.9 Å². The summed E-state index contributed by atoms with van der Waals surface area (Å²) in [4.78, 5) is 29.7. The first-order chi connectivity index (χ1) is 15.0. The van der Waals surface area contributed by atoms with Crippen LogP contribution >= 0.6 is 0 Å². The van der Waals surface area contributed by atoms with Gasteiger partial charge in [0.05, 0.1) is 23.5 Å². The molecule has 0 spiro atoms. The van der Waals surface area contributed by atoms with E-state index in [2.05, 4.69) is 10.1 Å². The number of carbonyl (C=O) groups is 1. The van der Waals surface area contributed by atoms with Gasteiger partial charge in [0.2, 0.25) is 11.7 Å². The summed E-state index contributed by atoms with van der Waals surface area (Å²) in [5, 5.41) is 15.1. The number of nitrogens with zero attached hydrogens (tertiary/aromatic N) is 4. The zero-order valence-electron chi connectivity index (χ0n) is 16.7. The van der Waals surface area contributed by atoms with E-state index in [1.54, 1.807) is 17.0 Å². The Balaban J connectivity index is 1.55. The number of likely N-dealkylation sites (tertiary alicyclic amines) is 1. The molecular formula is C21H19FN4O5. The molecule has 1 aliphatic heterocycles. The van der Waals surface area contributed by atoms with Crippen LogP contribution < -0.4 is 4.74 Å². The molecule has 160 valence electrons. The second-order valence-corrected chi connectivity index (χ2v) is 7.20. The van der Waals surface area contributed by atoms with Crippen molar-refractivity contribution in [2.24, 2.45) is 0 Å². The first kappa shape index (κ1) is 20.5. The monoisotopic (exact) mass is 426 g/mol. The fourth-order valence-corrected chi connectivity index (χ4v) is 3.66. The van der Waals surface area contributed by atoms with Crippen LogP contribution in [0.4, 0.5) is 10.1 Å². The Morgan fingerprint density at radius 2 is 2.16 bits per heavy atom. The number of nitro groups is 1. The van der Waals surface area contributed by atoms with Crippen molar-refractivity contribution in [2.75, 3.05) is 20.2 Å². The van der Waals surface area contributed by atoms with E-state index >= 15 is 0 Å². The molecule has 1 fully saturated rings. The molecule has 0 bridgehead atoms. The Kier molecular flexibility index (Phi) is 5.61. The molecule has 0 saturated carbocycles. The zero-order valence-corrected chi connectivity index (χ0v) is 16.7. The molecule has 1 unspecified atom stereocenters. The lowest BCUT2D eigenvalue weighted by Gasteiger charge is -2.31. The quantitative estimate of drug-likeness (QED) is 0.450. The summed E-state index contributed by atoms with van der Waals surface area (Å²) in [6, 6.07) is 9.82. The van der Waals surface area contributed by atoms with Crippen LogP contribution in [0.2, 0.25) is 0 Å². The van der Waals surface area contributed by atoms with E-state index < -0.39 is 10.7 Å². The molecule has 9 nitrogen and oxygen atoms in total. The lowest BCUT2D eigenvalue weighted by Crippen LogP contribution is -2.39. The standard InChI is InChI=1S/C21H19FN4O5/c1-30-18-8-7-16(26(28)29)11-17(18)21(27)25-9-3-5-14(12-25)20-23-19(24-31-20)13-4-2-6-15(22)10-13/h2,4,6-8,10-11,14H,3,5,9,12H2,1H3. The van der Waals surface area contributed by atoms with Gasteiger partial charge in [-0.25, -0.2) is 4.39 Å². The van der Waals surface area contributed by atoms with Crippen molar-refractivity contribution in [2.45, 2.75) is 18.8 Å². The molecule has 2 aromatic carbocycles. The van der Waals surface area contributed by atoms with E-state index in [1.807, 2.05) is 0 Å². The maximum atomic E-state index is 13.5. The Bertz CT molecular complexity index is 1130. The van der Waals surface area contributed by atoms with Crippen LogP contribution in [0.1, 0.15) is 35.0 Å². The van der Waals surface area contributed by atoms with Gasteiger partial charge < -0.3 is 14.2 Å². The minimum Gasteiger partial charge on any atom is -0.496 e. The number of rotatable bonds is 5. The lowest BCUT2D eigenvalue weighted by atomic mass is 9.97. The summed E-state index contributed by atoms with van der Waals surface area (Å²) in [6.45, 7) is 0.807. The first-order valence-corrected chi connectivity index (χ1v) is 9.67. The molecule has 3 aromatic rings. The molecule has 31 heavy (non-hydrogen) atoms. The number of nitro benzene ring substituents is 1. The van der Waals surface area contributed by atoms with Crippen molar-refractivity contribution in [1.29, 1.82) is 0 Å².